The lowest BCUT2D eigenvalue weighted by Crippen LogP contribution is -2.11. The van der Waals surface area contributed by atoms with Crippen LogP contribution in [0.5, 0.6) is 0 Å². The van der Waals surface area contributed by atoms with Gasteiger partial charge in [0.2, 0.25) is 5.91 Å². The number of carbonyl (C=O) groups is 2. The van der Waals surface area contributed by atoms with E-state index in [1.807, 2.05) is 0 Å². The van der Waals surface area contributed by atoms with Crippen molar-refractivity contribution in [1.82, 2.24) is 15.0 Å². The van der Waals surface area contributed by atoms with E-state index < -0.39 is 5.97 Å². The van der Waals surface area contributed by atoms with E-state index in [0.717, 1.165) is 0 Å². The summed E-state index contributed by atoms with van der Waals surface area (Å²) in [6, 6.07) is 4.76. The molecule has 19 heavy (non-hydrogen) atoms. The Bertz CT molecular complexity index is 607. The Labute approximate surface area is 109 Å². The van der Waals surface area contributed by atoms with E-state index in [1.54, 1.807) is 24.4 Å². The molecule has 0 aliphatic carbocycles. The number of anilines is 1. The lowest BCUT2D eigenvalue weighted by molar-refractivity contribution is -0.114. The van der Waals surface area contributed by atoms with Crippen LogP contribution in [0.4, 0.5) is 5.69 Å². The van der Waals surface area contributed by atoms with Crippen LogP contribution in [0.3, 0.4) is 0 Å². The van der Waals surface area contributed by atoms with Crippen LogP contribution in [0.25, 0.3) is 5.69 Å². The number of esters is 1. The van der Waals surface area contributed by atoms with Crippen molar-refractivity contribution >= 4 is 17.6 Å². The number of amides is 1. The number of hydrogen-bond donors (Lipinski definition) is 1. The van der Waals surface area contributed by atoms with Gasteiger partial charge in [0, 0.05) is 6.92 Å². The molecular weight excluding hydrogens is 248 g/mol. The molecule has 0 bridgehead atoms. The Kier molecular flexibility index (Phi) is 3.56. The number of hydrogen-bond acceptors (Lipinski definition) is 5. The predicted molar refractivity (Wildman–Crippen MR) is 67.0 cm³/mol. The summed E-state index contributed by atoms with van der Waals surface area (Å²) < 4.78 is 6.11. The normalized spacial score (nSPS) is 10.0. The Morgan fingerprint density at radius 1 is 1.37 bits per heavy atom. The highest BCUT2D eigenvalue weighted by Crippen LogP contribution is 2.21. The number of carbonyl (C=O) groups excluding carboxylic acids is 2. The fourth-order valence-electron chi connectivity index (χ4n) is 1.60. The van der Waals surface area contributed by atoms with E-state index in [0.29, 0.717) is 16.9 Å². The molecule has 0 unspecified atom stereocenters. The molecule has 0 saturated carbocycles. The molecule has 1 N–H and O–H groups in total. The number of nitrogens with zero attached hydrogens (tertiary/aromatic N) is 3. The van der Waals surface area contributed by atoms with Crippen LogP contribution in [-0.2, 0) is 9.53 Å². The molecular formula is C12H12N4O3. The SMILES string of the molecule is COC(=O)c1ccc(NC(C)=O)c(-n2ccnn2)c1. The minimum atomic E-state index is -0.462. The summed E-state index contributed by atoms with van der Waals surface area (Å²) >= 11 is 0. The van der Waals surface area contributed by atoms with E-state index in [-0.39, 0.29) is 5.91 Å². The second kappa shape index (κ2) is 5.30. The van der Waals surface area contributed by atoms with Gasteiger partial charge in [-0.1, -0.05) is 5.21 Å². The summed E-state index contributed by atoms with van der Waals surface area (Å²) in [5.74, 6) is -0.678. The number of methoxy groups -OCH3 is 1. The fourth-order valence-corrected chi connectivity index (χ4v) is 1.60. The first-order chi connectivity index (χ1) is 9.11. The van der Waals surface area contributed by atoms with Gasteiger partial charge in [0.1, 0.15) is 0 Å². The summed E-state index contributed by atoms with van der Waals surface area (Å²) in [4.78, 5) is 22.7. The van der Waals surface area contributed by atoms with Crippen LogP contribution in [0.15, 0.2) is 30.6 Å². The van der Waals surface area contributed by atoms with Crippen molar-refractivity contribution in [3.8, 4) is 5.69 Å². The minimum Gasteiger partial charge on any atom is -0.465 e. The number of ether oxygens (including phenoxy) is 1. The van der Waals surface area contributed by atoms with Gasteiger partial charge in [-0.3, -0.25) is 4.79 Å². The van der Waals surface area contributed by atoms with Crippen molar-refractivity contribution in [1.29, 1.82) is 0 Å². The van der Waals surface area contributed by atoms with Crippen molar-refractivity contribution in [3.63, 3.8) is 0 Å². The van der Waals surface area contributed by atoms with Crippen molar-refractivity contribution in [2.24, 2.45) is 0 Å². The van der Waals surface area contributed by atoms with Crippen molar-refractivity contribution in [2.45, 2.75) is 6.92 Å². The number of aromatic nitrogens is 3. The molecule has 2 rings (SSSR count). The fraction of sp³-hybridized carbons (Fsp3) is 0.167. The first kappa shape index (κ1) is 12.7. The predicted octanol–water partition coefficient (Wildman–Crippen LogP) is 1.01. The standard InChI is InChI=1S/C12H12N4O3/c1-8(17)14-10-4-3-9(12(18)19-2)7-11(10)16-6-5-13-15-16/h3-7H,1-2H3,(H,14,17). The van der Waals surface area contributed by atoms with E-state index in [1.165, 1.54) is 24.9 Å². The summed E-state index contributed by atoms with van der Waals surface area (Å²) in [5, 5.41) is 10.2. The number of rotatable bonds is 3. The Hall–Kier alpha value is -2.70. The second-order valence-corrected chi connectivity index (χ2v) is 3.75. The highest BCUT2D eigenvalue weighted by atomic mass is 16.5. The number of benzene rings is 1. The summed E-state index contributed by atoms with van der Waals surface area (Å²) in [7, 11) is 1.30. The van der Waals surface area contributed by atoms with Crippen LogP contribution >= 0.6 is 0 Å². The topological polar surface area (TPSA) is 86.1 Å². The zero-order chi connectivity index (χ0) is 13.8. The molecule has 0 aliphatic rings. The molecule has 2 aromatic rings. The highest BCUT2D eigenvalue weighted by molar-refractivity contribution is 5.94. The molecule has 0 radical (unpaired) electrons. The van der Waals surface area contributed by atoms with E-state index in [4.69, 9.17) is 0 Å². The quantitative estimate of drug-likeness (QED) is 0.832. The Morgan fingerprint density at radius 2 is 2.16 bits per heavy atom. The first-order valence-corrected chi connectivity index (χ1v) is 5.48. The molecule has 0 aliphatic heterocycles. The van der Waals surface area contributed by atoms with E-state index in [9.17, 15) is 9.59 Å². The maximum Gasteiger partial charge on any atom is 0.337 e. The molecule has 1 aromatic heterocycles. The summed E-state index contributed by atoms with van der Waals surface area (Å²) in [6.07, 6.45) is 3.12. The van der Waals surface area contributed by atoms with Gasteiger partial charge in [-0.25, -0.2) is 9.48 Å². The van der Waals surface area contributed by atoms with Gasteiger partial charge in [-0.15, -0.1) is 5.10 Å². The van der Waals surface area contributed by atoms with E-state index >= 15 is 0 Å². The second-order valence-electron chi connectivity index (χ2n) is 3.75. The largest absolute Gasteiger partial charge is 0.465 e. The average Bonchev–Trinajstić information content (AvgIpc) is 2.91. The molecule has 7 nitrogen and oxygen atoms in total. The molecule has 98 valence electrons. The monoisotopic (exact) mass is 260 g/mol. The lowest BCUT2D eigenvalue weighted by Gasteiger charge is -2.10. The third-order valence-corrected chi connectivity index (χ3v) is 2.40. The molecule has 0 spiro atoms. The maximum absolute atomic E-state index is 11.5. The van der Waals surface area contributed by atoms with Crippen LogP contribution in [0, 0.1) is 0 Å². The van der Waals surface area contributed by atoms with Gasteiger partial charge in [-0.05, 0) is 18.2 Å². The third-order valence-electron chi connectivity index (χ3n) is 2.40. The zero-order valence-corrected chi connectivity index (χ0v) is 10.5. The average molecular weight is 260 g/mol. The van der Waals surface area contributed by atoms with Crippen molar-refractivity contribution in [2.75, 3.05) is 12.4 Å². The molecule has 0 atom stereocenters. The minimum absolute atomic E-state index is 0.216. The van der Waals surface area contributed by atoms with Crippen LogP contribution < -0.4 is 5.32 Å². The molecule has 0 saturated heterocycles. The van der Waals surface area contributed by atoms with Gasteiger partial charge < -0.3 is 10.1 Å². The van der Waals surface area contributed by atoms with Gasteiger partial charge in [-0.2, -0.15) is 0 Å². The summed E-state index contributed by atoms with van der Waals surface area (Å²) in [6.45, 7) is 1.40. The maximum atomic E-state index is 11.5. The van der Waals surface area contributed by atoms with Gasteiger partial charge in [0.25, 0.3) is 0 Å². The summed E-state index contributed by atoms with van der Waals surface area (Å²) in [5.41, 5.74) is 1.43. The Balaban J connectivity index is 2.50. The number of nitrogens with one attached hydrogen (secondary N) is 1. The first-order valence-electron chi connectivity index (χ1n) is 5.48. The van der Waals surface area contributed by atoms with Crippen LogP contribution in [0.2, 0.25) is 0 Å². The zero-order valence-electron chi connectivity index (χ0n) is 10.5. The van der Waals surface area contributed by atoms with Gasteiger partial charge in [0.05, 0.1) is 36.4 Å². The smallest absolute Gasteiger partial charge is 0.337 e. The van der Waals surface area contributed by atoms with Crippen LogP contribution in [0.1, 0.15) is 17.3 Å². The molecule has 1 amide bonds. The molecule has 7 heteroatoms. The Morgan fingerprint density at radius 3 is 2.74 bits per heavy atom. The van der Waals surface area contributed by atoms with Crippen molar-refractivity contribution in [3.05, 3.63) is 36.2 Å². The van der Waals surface area contributed by atoms with Gasteiger partial charge in [0.15, 0.2) is 0 Å². The molecule has 1 heterocycles. The van der Waals surface area contributed by atoms with E-state index in [2.05, 4.69) is 20.4 Å². The van der Waals surface area contributed by atoms with Crippen molar-refractivity contribution < 1.29 is 14.3 Å². The highest BCUT2D eigenvalue weighted by Gasteiger charge is 2.12. The molecule has 0 fully saturated rings. The molecule has 1 aromatic carbocycles. The van der Waals surface area contributed by atoms with Crippen LogP contribution in [-0.4, -0.2) is 34.0 Å². The third kappa shape index (κ3) is 2.76. The van der Waals surface area contributed by atoms with Gasteiger partial charge >= 0.3 is 5.97 Å². The lowest BCUT2D eigenvalue weighted by atomic mass is 10.1.